The van der Waals surface area contributed by atoms with Crippen molar-refractivity contribution in [3.63, 3.8) is 0 Å². The summed E-state index contributed by atoms with van der Waals surface area (Å²) in [5, 5.41) is 0. The Morgan fingerprint density at radius 2 is 1.93 bits per heavy atom. The average molecular weight is 205 g/mol. The molecule has 0 amide bonds. The number of rotatable bonds is 3. The van der Waals surface area contributed by atoms with E-state index in [4.69, 9.17) is 10.5 Å². The zero-order valence-electron chi connectivity index (χ0n) is 9.71. The first-order valence-electron chi connectivity index (χ1n) is 5.54. The third kappa shape index (κ3) is 1.86. The minimum Gasteiger partial charge on any atom is -0.496 e. The van der Waals surface area contributed by atoms with Crippen molar-refractivity contribution in [1.29, 1.82) is 0 Å². The topological polar surface area (TPSA) is 35.2 Å². The van der Waals surface area contributed by atoms with Gasteiger partial charge in [-0.3, -0.25) is 0 Å². The summed E-state index contributed by atoms with van der Waals surface area (Å²) < 4.78 is 5.30. The highest BCUT2D eigenvalue weighted by atomic mass is 16.5. The van der Waals surface area contributed by atoms with Crippen LogP contribution in [0.25, 0.3) is 0 Å². The molecule has 1 aromatic carbocycles. The number of hydrogen-bond acceptors (Lipinski definition) is 2. The van der Waals surface area contributed by atoms with Gasteiger partial charge in [0.2, 0.25) is 0 Å². The van der Waals surface area contributed by atoms with Crippen molar-refractivity contribution >= 4 is 0 Å². The Morgan fingerprint density at radius 1 is 1.27 bits per heavy atom. The summed E-state index contributed by atoms with van der Waals surface area (Å²) in [6, 6.07) is 4.36. The molecule has 2 heteroatoms. The molecule has 1 aromatic rings. The lowest BCUT2D eigenvalue weighted by Gasteiger charge is -2.17. The Bertz CT molecular complexity index is 369. The van der Waals surface area contributed by atoms with Crippen LogP contribution < -0.4 is 10.5 Å². The van der Waals surface area contributed by atoms with Crippen LogP contribution in [0.15, 0.2) is 12.1 Å². The van der Waals surface area contributed by atoms with Gasteiger partial charge >= 0.3 is 0 Å². The number of methoxy groups -OCH3 is 1. The van der Waals surface area contributed by atoms with Gasteiger partial charge in [-0.2, -0.15) is 0 Å². The van der Waals surface area contributed by atoms with Crippen molar-refractivity contribution in [2.45, 2.75) is 32.7 Å². The first-order valence-corrected chi connectivity index (χ1v) is 5.54. The third-order valence-corrected chi connectivity index (χ3v) is 3.49. The monoisotopic (exact) mass is 205 g/mol. The van der Waals surface area contributed by atoms with Gasteiger partial charge in [0.15, 0.2) is 0 Å². The minimum absolute atomic E-state index is 0.217. The molecule has 2 N–H and O–H groups in total. The maximum atomic E-state index is 6.22. The molecule has 0 radical (unpaired) electrons. The minimum atomic E-state index is 0.217. The van der Waals surface area contributed by atoms with Crippen molar-refractivity contribution < 1.29 is 4.74 Å². The van der Waals surface area contributed by atoms with Gasteiger partial charge in [-0.05, 0) is 55.4 Å². The third-order valence-electron chi connectivity index (χ3n) is 3.49. The quantitative estimate of drug-likeness (QED) is 0.823. The molecule has 0 aromatic heterocycles. The Labute approximate surface area is 91.4 Å². The van der Waals surface area contributed by atoms with E-state index in [0.717, 1.165) is 5.75 Å². The SMILES string of the molecule is COc1ccc(C(N)C2CC2)c(C)c1C. The van der Waals surface area contributed by atoms with Gasteiger partial charge in [0.1, 0.15) is 5.75 Å². The fourth-order valence-electron chi connectivity index (χ4n) is 2.11. The molecular formula is C13H19NO. The molecule has 2 rings (SSSR count). The van der Waals surface area contributed by atoms with Gasteiger partial charge < -0.3 is 10.5 Å². The first-order chi connectivity index (χ1) is 7.15. The van der Waals surface area contributed by atoms with Crippen LogP contribution in [-0.2, 0) is 0 Å². The molecule has 0 saturated heterocycles. The first kappa shape index (κ1) is 10.5. The lowest BCUT2D eigenvalue weighted by atomic mass is 9.95. The number of ether oxygens (including phenoxy) is 1. The van der Waals surface area contributed by atoms with Crippen molar-refractivity contribution in [3.8, 4) is 5.75 Å². The van der Waals surface area contributed by atoms with Crippen LogP contribution in [0.1, 0.15) is 35.6 Å². The summed E-state index contributed by atoms with van der Waals surface area (Å²) in [5.74, 6) is 1.66. The Morgan fingerprint density at radius 3 is 2.47 bits per heavy atom. The maximum absolute atomic E-state index is 6.22. The number of benzene rings is 1. The van der Waals surface area contributed by atoms with E-state index in [1.807, 2.05) is 6.07 Å². The Kier molecular flexibility index (Phi) is 2.70. The smallest absolute Gasteiger partial charge is 0.122 e. The van der Waals surface area contributed by atoms with E-state index in [0.29, 0.717) is 5.92 Å². The van der Waals surface area contributed by atoms with E-state index in [1.165, 1.54) is 29.5 Å². The second-order valence-corrected chi connectivity index (χ2v) is 4.47. The lowest BCUT2D eigenvalue weighted by Crippen LogP contribution is -2.14. The summed E-state index contributed by atoms with van der Waals surface area (Å²) in [7, 11) is 1.71. The Hall–Kier alpha value is -1.02. The molecule has 1 fully saturated rings. The van der Waals surface area contributed by atoms with Crippen LogP contribution in [0.5, 0.6) is 5.75 Å². The fraction of sp³-hybridized carbons (Fsp3) is 0.538. The van der Waals surface area contributed by atoms with E-state index >= 15 is 0 Å². The van der Waals surface area contributed by atoms with Gasteiger partial charge in [-0.15, -0.1) is 0 Å². The largest absolute Gasteiger partial charge is 0.496 e. The highest BCUT2D eigenvalue weighted by Gasteiger charge is 2.30. The molecule has 15 heavy (non-hydrogen) atoms. The zero-order valence-corrected chi connectivity index (χ0v) is 9.71. The summed E-state index contributed by atoms with van der Waals surface area (Å²) in [6.07, 6.45) is 2.57. The van der Waals surface area contributed by atoms with E-state index in [1.54, 1.807) is 7.11 Å². The van der Waals surface area contributed by atoms with Crippen LogP contribution in [-0.4, -0.2) is 7.11 Å². The summed E-state index contributed by atoms with van der Waals surface area (Å²) in [5.41, 5.74) is 10.0. The van der Waals surface area contributed by atoms with Crippen LogP contribution in [0.2, 0.25) is 0 Å². The number of nitrogens with two attached hydrogens (primary N) is 1. The molecule has 0 heterocycles. The van der Waals surface area contributed by atoms with Gasteiger partial charge in [0, 0.05) is 6.04 Å². The van der Waals surface area contributed by atoms with E-state index < -0.39 is 0 Å². The fourth-order valence-corrected chi connectivity index (χ4v) is 2.11. The van der Waals surface area contributed by atoms with Crippen molar-refractivity contribution in [1.82, 2.24) is 0 Å². The standard InChI is InChI=1S/C13H19NO/c1-8-9(2)12(15-3)7-6-11(8)13(14)10-4-5-10/h6-7,10,13H,4-5,14H2,1-3H3. The molecular weight excluding hydrogens is 186 g/mol. The summed E-state index contributed by atoms with van der Waals surface area (Å²) in [6.45, 7) is 4.23. The molecule has 1 unspecified atom stereocenters. The highest BCUT2D eigenvalue weighted by Crippen LogP contribution is 2.41. The predicted molar refractivity (Wildman–Crippen MR) is 62.1 cm³/mol. The summed E-state index contributed by atoms with van der Waals surface area (Å²) >= 11 is 0. The lowest BCUT2D eigenvalue weighted by molar-refractivity contribution is 0.410. The number of hydrogen-bond donors (Lipinski definition) is 1. The van der Waals surface area contributed by atoms with Crippen LogP contribution >= 0.6 is 0 Å². The summed E-state index contributed by atoms with van der Waals surface area (Å²) in [4.78, 5) is 0. The van der Waals surface area contributed by atoms with Crippen LogP contribution in [0.3, 0.4) is 0 Å². The molecule has 1 aliphatic carbocycles. The molecule has 1 saturated carbocycles. The molecule has 0 bridgehead atoms. The van der Waals surface area contributed by atoms with E-state index in [9.17, 15) is 0 Å². The molecule has 0 spiro atoms. The maximum Gasteiger partial charge on any atom is 0.122 e. The molecule has 1 atom stereocenters. The van der Waals surface area contributed by atoms with Gasteiger partial charge in [-0.25, -0.2) is 0 Å². The van der Waals surface area contributed by atoms with E-state index in [2.05, 4.69) is 19.9 Å². The van der Waals surface area contributed by atoms with Crippen molar-refractivity contribution in [2.75, 3.05) is 7.11 Å². The van der Waals surface area contributed by atoms with Crippen LogP contribution in [0.4, 0.5) is 0 Å². The predicted octanol–water partition coefficient (Wildman–Crippen LogP) is 2.72. The van der Waals surface area contributed by atoms with Gasteiger partial charge in [0.05, 0.1) is 7.11 Å². The molecule has 82 valence electrons. The highest BCUT2D eigenvalue weighted by molar-refractivity contribution is 5.45. The normalized spacial score (nSPS) is 17.6. The second kappa shape index (κ2) is 3.86. The van der Waals surface area contributed by atoms with Gasteiger partial charge in [-0.1, -0.05) is 6.07 Å². The molecule has 0 aliphatic heterocycles. The molecule has 2 nitrogen and oxygen atoms in total. The van der Waals surface area contributed by atoms with Gasteiger partial charge in [0.25, 0.3) is 0 Å². The second-order valence-electron chi connectivity index (χ2n) is 4.47. The zero-order chi connectivity index (χ0) is 11.0. The Balaban J connectivity index is 2.36. The average Bonchev–Trinajstić information content (AvgIpc) is 3.04. The van der Waals surface area contributed by atoms with Crippen molar-refractivity contribution in [2.24, 2.45) is 11.7 Å². The van der Waals surface area contributed by atoms with Crippen LogP contribution in [0, 0.1) is 19.8 Å². The van der Waals surface area contributed by atoms with Crippen molar-refractivity contribution in [3.05, 3.63) is 28.8 Å². The van der Waals surface area contributed by atoms with E-state index in [-0.39, 0.29) is 6.04 Å². The molecule has 1 aliphatic rings.